The van der Waals surface area contributed by atoms with Crippen LogP contribution in [0, 0.1) is 0 Å². The molecule has 0 saturated carbocycles. The fraction of sp³-hybridized carbons (Fsp3) is 0.393. The molecular formula is C28H35N3O6. The molecule has 9 heteroatoms. The molecule has 0 aliphatic carbocycles. The second kappa shape index (κ2) is 15.3. The summed E-state index contributed by atoms with van der Waals surface area (Å²) in [6.45, 7) is 1.89. The lowest BCUT2D eigenvalue weighted by molar-refractivity contribution is -0.137. The molecule has 1 heterocycles. The average molecular weight is 510 g/mol. The van der Waals surface area contributed by atoms with Crippen LogP contribution in [0.1, 0.15) is 54.6 Å². The van der Waals surface area contributed by atoms with Crippen molar-refractivity contribution in [2.24, 2.45) is 0 Å². The Balaban J connectivity index is 1.43. The smallest absolute Gasteiger partial charge is 0.407 e. The summed E-state index contributed by atoms with van der Waals surface area (Å²) in [6.07, 6.45) is 3.30. The number of hydrogen-bond donors (Lipinski definition) is 4. The van der Waals surface area contributed by atoms with Gasteiger partial charge in [-0.25, -0.2) is 4.79 Å². The predicted molar refractivity (Wildman–Crippen MR) is 140 cm³/mol. The second-order valence-electron chi connectivity index (χ2n) is 8.86. The maximum absolute atomic E-state index is 12.8. The van der Waals surface area contributed by atoms with E-state index in [1.165, 1.54) is 0 Å². The number of unbranched alkanes of at least 4 members (excludes halogenated alkanes) is 2. The summed E-state index contributed by atoms with van der Waals surface area (Å²) < 4.78 is 10.9. The molecule has 0 spiro atoms. The first-order valence-electron chi connectivity index (χ1n) is 12.7. The summed E-state index contributed by atoms with van der Waals surface area (Å²) in [4.78, 5) is 35.5. The Bertz CT molecular complexity index is 1100. The van der Waals surface area contributed by atoms with Crippen molar-refractivity contribution in [1.29, 1.82) is 0 Å². The molecule has 9 nitrogen and oxygen atoms in total. The molecule has 37 heavy (non-hydrogen) atoms. The predicted octanol–water partition coefficient (Wildman–Crippen LogP) is 4.47. The highest BCUT2D eigenvalue weighted by Gasteiger charge is 2.17. The van der Waals surface area contributed by atoms with Crippen LogP contribution in [0.2, 0.25) is 0 Å². The van der Waals surface area contributed by atoms with Crippen molar-refractivity contribution in [3.8, 4) is 0 Å². The highest BCUT2D eigenvalue weighted by atomic mass is 16.5. The van der Waals surface area contributed by atoms with Crippen molar-refractivity contribution in [1.82, 2.24) is 16.0 Å². The van der Waals surface area contributed by atoms with Crippen LogP contribution in [0.25, 0.3) is 11.0 Å². The number of carboxylic acids is 1. The summed E-state index contributed by atoms with van der Waals surface area (Å²) >= 11 is 0. The van der Waals surface area contributed by atoms with Crippen LogP contribution in [0.15, 0.2) is 65.1 Å². The number of nitrogens with one attached hydrogen (secondary N) is 3. The molecule has 4 N–H and O–H groups in total. The fourth-order valence-electron chi connectivity index (χ4n) is 3.87. The number of amides is 2. The molecule has 0 fully saturated rings. The third-order valence-corrected chi connectivity index (χ3v) is 5.83. The first kappa shape index (κ1) is 27.7. The van der Waals surface area contributed by atoms with Crippen molar-refractivity contribution in [3.63, 3.8) is 0 Å². The summed E-state index contributed by atoms with van der Waals surface area (Å²) in [5, 5.41) is 18.7. The Hall–Kier alpha value is -3.85. The van der Waals surface area contributed by atoms with E-state index in [2.05, 4.69) is 16.0 Å². The zero-order chi connectivity index (χ0) is 26.3. The summed E-state index contributed by atoms with van der Waals surface area (Å²) in [7, 11) is 0. The first-order valence-corrected chi connectivity index (χ1v) is 12.7. The minimum Gasteiger partial charge on any atom is -0.481 e. The molecule has 0 aliphatic heterocycles. The monoisotopic (exact) mass is 509 g/mol. The van der Waals surface area contributed by atoms with Gasteiger partial charge >= 0.3 is 12.1 Å². The Morgan fingerprint density at radius 2 is 1.70 bits per heavy atom. The number of alkyl carbamates (subject to hydrolysis) is 1. The molecular weight excluding hydrogens is 474 g/mol. The molecule has 0 saturated heterocycles. The quantitative estimate of drug-likeness (QED) is 0.210. The fourth-order valence-corrected chi connectivity index (χ4v) is 3.87. The molecule has 0 bridgehead atoms. The number of rotatable bonds is 16. The standard InChI is InChI=1S/C28H35N3O6/c32-26(33)15-5-2-8-16-29-19-23(31-27(34)25-18-22-12-6-7-14-24(22)37-25)13-9-17-30-28(35)36-20-21-10-3-1-4-11-21/h1,3-4,6-7,10-12,14,18,23,29H,2,5,8-9,13,15-17,19-20H2,(H,30,35)(H,31,34)(H,32,33)/t23-/m1/s1. The zero-order valence-electron chi connectivity index (χ0n) is 20.9. The van der Waals surface area contributed by atoms with E-state index in [4.69, 9.17) is 14.3 Å². The summed E-state index contributed by atoms with van der Waals surface area (Å²) in [5.41, 5.74) is 1.57. The lowest BCUT2D eigenvalue weighted by Gasteiger charge is -2.19. The van der Waals surface area contributed by atoms with Crippen LogP contribution in [0.5, 0.6) is 0 Å². The molecule has 3 aromatic rings. The minimum absolute atomic E-state index is 0.178. The minimum atomic E-state index is -0.779. The number of carbonyl (C=O) groups excluding carboxylic acids is 2. The molecule has 3 rings (SSSR count). The van der Waals surface area contributed by atoms with Gasteiger partial charge in [-0.3, -0.25) is 9.59 Å². The average Bonchev–Trinajstić information content (AvgIpc) is 3.34. The van der Waals surface area contributed by atoms with E-state index < -0.39 is 12.1 Å². The van der Waals surface area contributed by atoms with Crippen LogP contribution >= 0.6 is 0 Å². The zero-order valence-corrected chi connectivity index (χ0v) is 20.9. The number of para-hydroxylation sites is 1. The second-order valence-corrected chi connectivity index (χ2v) is 8.86. The van der Waals surface area contributed by atoms with Gasteiger partial charge in [0.25, 0.3) is 5.91 Å². The first-order chi connectivity index (χ1) is 18.0. The topological polar surface area (TPSA) is 130 Å². The Morgan fingerprint density at radius 3 is 2.49 bits per heavy atom. The van der Waals surface area contributed by atoms with E-state index in [1.807, 2.05) is 54.6 Å². The molecule has 0 radical (unpaired) electrons. The van der Waals surface area contributed by atoms with Crippen LogP contribution in [-0.4, -0.2) is 48.8 Å². The van der Waals surface area contributed by atoms with E-state index in [0.717, 1.165) is 30.3 Å². The van der Waals surface area contributed by atoms with E-state index in [1.54, 1.807) is 6.07 Å². The highest BCUT2D eigenvalue weighted by Crippen LogP contribution is 2.18. The van der Waals surface area contributed by atoms with Crippen molar-refractivity contribution < 1.29 is 28.6 Å². The van der Waals surface area contributed by atoms with Crippen LogP contribution in [0.3, 0.4) is 0 Å². The van der Waals surface area contributed by atoms with Gasteiger partial charge in [0.05, 0.1) is 0 Å². The van der Waals surface area contributed by atoms with Gasteiger partial charge in [-0.2, -0.15) is 0 Å². The number of benzene rings is 2. The number of aliphatic carboxylic acids is 1. The molecule has 2 aromatic carbocycles. The van der Waals surface area contributed by atoms with E-state index in [0.29, 0.717) is 37.9 Å². The summed E-state index contributed by atoms with van der Waals surface area (Å²) in [6, 6.07) is 18.5. The van der Waals surface area contributed by atoms with Gasteiger partial charge in [0.15, 0.2) is 5.76 Å². The molecule has 2 amide bonds. The third kappa shape index (κ3) is 10.3. The number of hydrogen-bond acceptors (Lipinski definition) is 6. The molecule has 0 aliphatic rings. The molecule has 1 atom stereocenters. The van der Waals surface area contributed by atoms with Gasteiger partial charge in [-0.1, -0.05) is 55.0 Å². The largest absolute Gasteiger partial charge is 0.481 e. The van der Waals surface area contributed by atoms with Crippen LogP contribution in [-0.2, 0) is 16.1 Å². The molecule has 198 valence electrons. The lowest BCUT2D eigenvalue weighted by Crippen LogP contribution is -2.42. The number of fused-ring (bicyclic) bond motifs is 1. The number of carboxylic acid groups (broad SMARTS) is 1. The Labute approximate surface area is 216 Å². The third-order valence-electron chi connectivity index (χ3n) is 5.83. The molecule has 1 aromatic heterocycles. The number of carbonyl (C=O) groups is 3. The van der Waals surface area contributed by atoms with Gasteiger partial charge in [-0.15, -0.1) is 0 Å². The maximum Gasteiger partial charge on any atom is 0.407 e. The van der Waals surface area contributed by atoms with Gasteiger partial charge in [0.2, 0.25) is 0 Å². The Kier molecular flexibility index (Phi) is 11.5. The van der Waals surface area contributed by atoms with Crippen molar-refractivity contribution in [2.75, 3.05) is 19.6 Å². The lowest BCUT2D eigenvalue weighted by atomic mass is 10.1. The maximum atomic E-state index is 12.8. The van der Waals surface area contributed by atoms with Gasteiger partial charge in [0, 0.05) is 30.9 Å². The van der Waals surface area contributed by atoms with E-state index in [9.17, 15) is 14.4 Å². The van der Waals surface area contributed by atoms with Crippen molar-refractivity contribution in [2.45, 2.75) is 51.2 Å². The Morgan fingerprint density at radius 1 is 0.919 bits per heavy atom. The SMILES string of the molecule is O=C(O)CCCCCNC[C@@H](CCCNC(=O)OCc1ccccc1)NC(=O)c1cc2ccccc2o1. The van der Waals surface area contributed by atoms with Crippen molar-refractivity contribution in [3.05, 3.63) is 72.0 Å². The van der Waals surface area contributed by atoms with Gasteiger partial charge in [0.1, 0.15) is 12.2 Å². The van der Waals surface area contributed by atoms with E-state index >= 15 is 0 Å². The van der Waals surface area contributed by atoms with Gasteiger partial charge in [-0.05, 0) is 49.9 Å². The highest BCUT2D eigenvalue weighted by molar-refractivity contribution is 5.96. The summed E-state index contributed by atoms with van der Waals surface area (Å²) in [5.74, 6) is -0.818. The van der Waals surface area contributed by atoms with Crippen molar-refractivity contribution >= 4 is 28.9 Å². The van der Waals surface area contributed by atoms with E-state index in [-0.39, 0.29) is 30.7 Å². The van der Waals surface area contributed by atoms with Crippen LogP contribution < -0.4 is 16.0 Å². The number of furan rings is 1. The number of ether oxygens (including phenoxy) is 1. The van der Waals surface area contributed by atoms with Crippen LogP contribution in [0.4, 0.5) is 4.79 Å². The van der Waals surface area contributed by atoms with Gasteiger partial charge < -0.3 is 30.2 Å². The normalized spacial score (nSPS) is 11.7. The molecule has 0 unspecified atom stereocenters.